The zero-order valence-electron chi connectivity index (χ0n) is 13.9. The fourth-order valence-corrected chi connectivity index (χ4v) is 5.26. The highest BCUT2D eigenvalue weighted by atomic mass is 32.2. The van der Waals surface area contributed by atoms with Crippen LogP contribution in [-0.2, 0) is 10.0 Å². The molecule has 0 bridgehead atoms. The fourth-order valence-electron chi connectivity index (χ4n) is 3.93. The molecule has 2 aromatic carbocycles. The smallest absolute Gasteiger partial charge is 0.263 e. The maximum atomic E-state index is 12.9. The van der Waals surface area contributed by atoms with Crippen molar-refractivity contribution in [3.05, 3.63) is 78.0 Å². The Morgan fingerprint density at radius 1 is 1.04 bits per heavy atom. The summed E-state index contributed by atoms with van der Waals surface area (Å²) in [6.07, 6.45) is 3.83. The number of benzene rings is 2. The Balaban J connectivity index is 1.61. The van der Waals surface area contributed by atoms with Crippen molar-refractivity contribution in [1.29, 1.82) is 0 Å². The van der Waals surface area contributed by atoms with Gasteiger partial charge >= 0.3 is 0 Å². The molecule has 0 radical (unpaired) electrons. The highest BCUT2D eigenvalue weighted by Gasteiger charge is 2.62. The molecule has 0 spiro atoms. The highest BCUT2D eigenvalue weighted by molar-refractivity contribution is 7.89. The van der Waals surface area contributed by atoms with Gasteiger partial charge in [0.15, 0.2) is 0 Å². The van der Waals surface area contributed by atoms with Crippen LogP contribution in [0.1, 0.15) is 24.0 Å². The van der Waals surface area contributed by atoms with Crippen LogP contribution in [0.2, 0.25) is 0 Å². The summed E-state index contributed by atoms with van der Waals surface area (Å²) in [6.45, 7) is 4.72. The van der Waals surface area contributed by atoms with E-state index in [1.807, 2.05) is 37.3 Å². The van der Waals surface area contributed by atoms with Gasteiger partial charge in [-0.25, -0.2) is 8.42 Å². The number of hydrogen-bond donors (Lipinski definition) is 0. The van der Waals surface area contributed by atoms with E-state index in [-0.39, 0.29) is 5.41 Å². The standard InChI is InChI=1S/C20H21NO2S/c1-15-8-10-17(11-9-15)24(22,23)21-13-12-20(2)18(14-21)19(20)16-6-4-3-5-7-16/h3-13,18-19H,14H2,1-2H3/t18-,19-,20-/m0/s1. The van der Waals surface area contributed by atoms with Crippen LogP contribution in [0.4, 0.5) is 0 Å². The first-order valence-corrected chi connectivity index (χ1v) is 9.70. The number of aryl methyl sites for hydroxylation is 1. The molecule has 124 valence electrons. The number of rotatable bonds is 3. The number of hydrogen-bond acceptors (Lipinski definition) is 2. The largest absolute Gasteiger partial charge is 0.273 e. The number of sulfonamides is 1. The summed E-state index contributed by atoms with van der Waals surface area (Å²) in [6, 6.07) is 17.5. The Hall–Kier alpha value is -2.07. The molecule has 3 nitrogen and oxygen atoms in total. The van der Waals surface area contributed by atoms with E-state index in [2.05, 4.69) is 25.1 Å². The molecular weight excluding hydrogens is 318 g/mol. The minimum absolute atomic E-state index is 0.0701. The monoisotopic (exact) mass is 339 g/mol. The molecule has 0 unspecified atom stereocenters. The van der Waals surface area contributed by atoms with E-state index in [1.54, 1.807) is 18.3 Å². The zero-order valence-corrected chi connectivity index (χ0v) is 14.7. The first kappa shape index (κ1) is 15.5. The third-order valence-corrected chi connectivity index (χ3v) is 7.28. The molecule has 0 amide bonds. The summed E-state index contributed by atoms with van der Waals surface area (Å²) in [4.78, 5) is 0.360. The van der Waals surface area contributed by atoms with Gasteiger partial charge in [0.1, 0.15) is 0 Å². The molecule has 4 rings (SSSR count). The lowest BCUT2D eigenvalue weighted by molar-refractivity contribution is 0.432. The first-order valence-electron chi connectivity index (χ1n) is 8.26. The molecule has 1 aliphatic heterocycles. The van der Waals surface area contributed by atoms with Gasteiger partial charge in [0.05, 0.1) is 4.90 Å². The van der Waals surface area contributed by atoms with Crippen molar-refractivity contribution in [2.24, 2.45) is 11.3 Å². The molecule has 2 aliphatic rings. The minimum Gasteiger partial charge on any atom is -0.273 e. The van der Waals surface area contributed by atoms with Gasteiger partial charge in [0, 0.05) is 12.7 Å². The Bertz CT molecular complexity index is 887. The average molecular weight is 339 g/mol. The van der Waals surface area contributed by atoms with Gasteiger partial charge in [-0.1, -0.05) is 61.0 Å². The molecule has 1 heterocycles. The maximum Gasteiger partial charge on any atom is 0.263 e. The topological polar surface area (TPSA) is 37.4 Å². The molecule has 0 N–H and O–H groups in total. The molecule has 1 aliphatic carbocycles. The normalized spacial score (nSPS) is 28.5. The minimum atomic E-state index is -3.47. The molecular formula is C20H21NO2S. The lowest BCUT2D eigenvalue weighted by Crippen LogP contribution is -2.31. The first-order chi connectivity index (χ1) is 11.4. The fraction of sp³-hybridized carbons (Fsp3) is 0.300. The maximum absolute atomic E-state index is 12.9. The van der Waals surface area contributed by atoms with Gasteiger partial charge in [0.25, 0.3) is 10.0 Å². The van der Waals surface area contributed by atoms with Crippen LogP contribution in [0.25, 0.3) is 0 Å². The van der Waals surface area contributed by atoms with Crippen molar-refractivity contribution in [3.8, 4) is 0 Å². The van der Waals surface area contributed by atoms with Gasteiger partial charge < -0.3 is 0 Å². The van der Waals surface area contributed by atoms with Crippen molar-refractivity contribution in [2.75, 3.05) is 6.54 Å². The second-order valence-electron chi connectivity index (χ2n) is 7.06. The summed E-state index contributed by atoms with van der Waals surface area (Å²) in [5.41, 5.74) is 2.42. The second kappa shape index (κ2) is 5.21. The van der Waals surface area contributed by atoms with Crippen LogP contribution < -0.4 is 0 Å². The lowest BCUT2D eigenvalue weighted by Gasteiger charge is -2.25. The molecule has 24 heavy (non-hydrogen) atoms. The van der Waals surface area contributed by atoms with Crippen LogP contribution >= 0.6 is 0 Å². The van der Waals surface area contributed by atoms with Crippen LogP contribution in [0.3, 0.4) is 0 Å². The Kier molecular flexibility index (Phi) is 3.36. The van der Waals surface area contributed by atoms with Crippen molar-refractivity contribution >= 4 is 10.0 Å². The zero-order chi connectivity index (χ0) is 16.9. The van der Waals surface area contributed by atoms with Gasteiger partial charge in [0.2, 0.25) is 0 Å². The van der Waals surface area contributed by atoms with Crippen LogP contribution in [-0.4, -0.2) is 19.3 Å². The molecule has 1 fully saturated rings. The van der Waals surface area contributed by atoms with Crippen molar-refractivity contribution in [3.63, 3.8) is 0 Å². The van der Waals surface area contributed by atoms with Gasteiger partial charge in [-0.2, -0.15) is 0 Å². The second-order valence-corrected chi connectivity index (χ2v) is 8.95. The number of fused-ring (bicyclic) bond motifs is 1. The van der Waals surface area contributed by atoms with Crippen molar-refractivity contribution in [1.82, 2.24) is 4.31 Å². The Morgan fingerprint density at radius 3 is 2.38 bits per heavy atom. The predicted molar refractivity (Wildman–Crippen MR) is 95.0 cm³/mol. The van der Waals surface area contributed by atoms with E-state index < -0.39 is 10.0 Å². The van der Waals surface area contributed by atoms with Crippen LogP contribution in [0.5, 0.6) is 0 Å². The molecule has 1 saturated carbocycles. The third kappa shape index (κ3) is 2.28. The molecule has 4 heteroatoms. The molecule has 0 saturated heterocycles. The van der Waals surface area contributed by atoms with Crippen LogP contribution in [0.15, 0.2) is 71.8 Å². The van der Waals surface area contributed by atoms with Crippen LogP contribution in [0, 0.1) is 18.3 Å². The van der Waals surface area contributed by atoms with Gasteiger partial charge in [-0.3, -0.25) is 4.31 Å². The SMILES string of the molecule is Cc1ccc(S(=O)(=O)N2C=C[C@@]3(C)[C@@H](C2)[C@@H]3c2ccccc2)cc1. The van der Waals surface area contributed by atoms with Gasteiger partial charge in [-0.05, 0) is 41.9 Å². The van der Waals surface area contributed by atoms with E-state index in [9.17, 15) is 8.42 Å². The Labute approximate surface area is 143 Å². The Morgan fingerprint density at radius 2 is 1.71 bits per heavy atom. The molecule has 0 aromatic heterocycles. The number of allylic oxidation sites excluding steroid dienone is 1. The summed E-state index contributed by atoms with van der Waals surface area (Å²) in [7, 11) is -3.47. The van der Waals surface area contributed by atoms with Crippen molar-refractivity contribution in [2.45, 2.75) is 24.7 Å². The number of nitrogens with zero attached hydrogens (tertiary/aromatic N) is 1. The highest BCUT2D eigenvalue weighted by Crippen LogP contribution is 2.67. The quantitative estimate of drug-likeness (QED) is 0.849. The summed E-state index contributed by atoms with van der Waals surface area (Å²) in [5, 5.41) is 0. The average Bonchev–Trinajstić information content (AvgIpc) is 3.20. The van der Waals surface area contributed by atoms with E-state index in [4.69, 9.17) is 0 Å². The predicted octanol–water partition coefficient (Wildman–Crippen LogP) is 3.93. The van der Waals surface area contributed by atoms with Gasteiger partial charge in [-0.15, -0.1) is 0 Å². The van der Waals surface area contributed by atoms with E-state index >= 15 is 0 Å². The van der Waals surface area contributed by atoms with E-state index in [0.717, 1.165) is 5.56 Å². The lowest BCUT2D eigenvalue weighted by atomic mass is 10.0. The summed E-state index contributed by atoms with van der Waals surface area (Å²) in [5.74, 6) is 0.735. The molecule has 3 atom stereocenters. The van der Waals surface area contributed by atoms with Crippen molar-refractivity contribution < 1.29 is 8.42 Å². The summed E-state index contributed by atoms with van der Waals surface area (Å²) < 4.78 is 27.3. The van der Waals surface area contributed by atoms with E-state index in [1.165, 1.54) is 9.87 Å². The molecule has 2 aromatic rings. The van der Waals surface area contributed by atoms with E-state index in [0.29, 0.717) is 23.3 Å². The third-order valence-electron chi connectivity index (χ3n) is 5.53. The summed E-state index contributed by atoms with van der Waals surface area (Å²) >= 11 is 0.